The van der Waals surface area contributed by atoms with E-state index in [0.29, 0.717) is 10.8 Å². The minimum absolute atomic E-state index is 0.0383. The van der Waals surface area contributed by atoms with Crippen LogP contribution in [-0.4, -0.2) is 25.3 Å². The molecule has 1 N–H and O–H groups in total. The van der Waals surface area contributed by atoms with E-state index in [1.165, 1.54) is 21.1 Å². The molecule has 6 heteroatoms. The largest absolute Gasteiger partial charge is 0.504 e. The highest BCUT2D eigenvalue weighted by atomic mass is 16.6. The minimum atomic E-state index is -0.574. The number of esters is 1. The monoisotopic (exact) mass is 287 g/mol. The highest BCUT2D eigenvalue weighted by Gasteiger charge is 2.25. The van der Waals surface area contributed by atoms with Crippen LogP contribution in [0, 0.1) is 11.3 Å². The Morgan fingerprint density at radius 2 is 1.86 bits per heavy atom. The molecule has 108 valence electrons. The summed E-state index contributed by atoms with van der Waals surface area (Å²) in [6.45, 7) is 1.24. The number of carbonyl (C=O) groups is 1. The van der Waals surface area contributed by atoms with Crippen LogP contribution in [0.3, 0.4) is 0 Å². The number of fused-ring (bicyclic) bond motifs is 1. The molecule has 21 heavy (non-hydrogen) atoms. The molecule has 0 saturated carbocycles. The lowest BCUT2D eigenvalue weighted by Gasteiger charge is -2.17. The fourth-order valence-electron chi connectivity index (χ4n) is 2.15. The average Bonchev–Trinajstić information content (AvgIpc) is 2.48. The van der Waals surface area contributed by atoms with Crippen LogP contribution in [0.5, 0.6) is 23.0 Å². The van der Waals surface area contributed by atoms with Gasteiger partial charge in [-0.15, -0.1) is 0 Å². The van der Waals surface area contributed by atoms with Crippen molar-refractivity contribution < 1.29 is 24.1 Å². The molecule has 0 spiro atoms. The number of methoxy groups -OCH3 is 2. The topological polar surface area (TPSA) is 88.8 Å². The Bertz CT molecular complexity index is 761. The molecular formula is C15H13NO5. The Hall–Kier alpha value is -2.94. The van der Waals surface area contributed by atoms with Crippen LogP contribution in [-0.2, 0) is 4.79 Å². The predicted octanol–water partition coefficient (Wildman–Crippen LogP) is 2.36. The number of carbonyl (C=O) groups excluding carboxylic acids is 1. The number of hydrogen-bond acceptors (Lipinski definition) is 6. The fourth-order valence-corrected chi connectivity index (χ4v) is 2.15. The zero-order valence-corrected chi connectivity index (χ0v) is 11.8. The van der Waals surface area contributed by atoms with Crippen molar-refractivity contribution in [2.75, 3.05) is 14.2 Å². The Labute approximate surface area is 121 Å². The fraction of sp³-hybridized carbons (Fsp3) is 0.200. The summed E-state index contributed by atoms with van der Waals surface area (Å²) in [7, 11) is 2.71. The van der Waals surface area contributed by atoms with E-state index in [9.17, 15) is 15.2 Å². The van der Waals surface area contributed by atoms with Gasteiger partial charge in [0.1, 0.15) is 0 Å². The van der Waals surface area contributed by atoms with Crippen molar-refractivity contribution in [1.29, 1.82) is 5.26 Å². The summed E-state index contributed by atoms with van der Waals surface area (Å²) >= 11 is 0. The molecule has 2 aromatic rings. The second-order valence-corrected chi connectivity index (χ2v) is 4.18. The Morgan fingerprint density at radius 3 is 2.38 bits per heavy atom. The number of hydrogen-bond donors (Lipinski definition) is 1. The van der Waals surface area contributed by atoms with Gasteiger partial charge < -0.3 is 19.3 Å². The number of phenols is 1. The van der Waals surface area contributed by atoms with E-state index in [1.54, 1.807) is 18.2 Å². The lowest BCUT2D eigenvalue weighted by atomic mass is 10.0. The number of rotatable bonds is 3. The third-order valence-corrected chi connectivity index (χ3v) is 2.95. The third kappa shape index (κ3) is 2.30. The van der Waals surface area contributed by atoms with Crippen molar-refractivity contribution in [3.8, 4) is 29.1 Å². The molecule has 0 radical (unpaired) electrons. The van der Waals surface area contributed by atoms with Crippen LogP contribution in [0.2, 0.25) is 0 Å². The Balaban J connectivity index is 3.02. The van der Waals surface area contributed by atoms with Crippen LogP contribution in [0.1, 0.15) is 12.5 Å². The van der Waals surface area contributed by atoms with Gasteiger partial charge in [0.15, 0.2) is 11.5 Å². The molecule has 0 aliphatic heterocycles. The van der Waals surface area contributed by atoms with E-state index in [4.69, 9.17) is 14.2 Å². The van der Waals surface area contributed by atoms with Crippen LogP contribution in [0.25, 0.3) is 10.8 Å². The van der Waals surface area contributed by atoms with E-state index >= 15 is 0 Å². The van der Waals surface area contributed by atoms with Crippen molar-refractivity contribution in [2.45, 2.75) is 6.92 Å². The van der Waals surface area contributed by atoms with Crippen molar-refractivity contribution in [3.05, 3.63) is 23.8 Å². The summed E-state index contributed by atoms with van der Waals surface area (Å²) in [6, 6.07) is 6.77. The van der Waals surface area contributed by atoms with Crippen molar-refractivity contribution >= 4 is 16.7 Å². The van der Waals surface area contributed by atoms with Gasteiger partial charge in [0, 0.05) is 12.3 Å². The van der Waals surface area contributed by atoms with Crippen molar-refractivity contribution in [3.63, 3.8) is 0 Å². The van der Waals surface area contributed by atoms with Gasteiger partial charge in [-0.2, -0.15) is 5.26 Å². The second kappa shape index (κ2) is 5.59. The van der Waals surface area contributed by atoms with E-state index < -0.39 is 5.97 Å². The molecule has 0 bridgehead atoms. The average molecular weight is 287 g/mol. The van der Waals surface area contributed by atoms with Gasteiger partial charge in [-0.05, 0) is 6.07 Å². The first-order chi connectivity index (χ1) is 10.0. The van der Waals surface area contributed by atoms with E-state index in [0.717, 1.165) is 0 Å². The molecule has 0 heterocycles. The maximum atomic E-state index is 11.3. The van der Waals surface area contributed by atoms with Crippen LogP contribution in [0.4, 0.5) is 0 Å². The van der Waals surface area contributed by atoms with Gasteiger partial charge in [-0.1, -0.05) is 12.1 Å². The highest BCUT2D eigenvalue weighted by Crippen LogP contribution is 2.51. The van der Waals surface area contributed by atoms with E-state index in [1.807, 2.05) is 6.07 Å². The first kappa shape index (κ1) is 14.5. The quantitative estimate of drug-likeness (QED) is 0.688. The van der Waals surface area contributed by atoms with Gasteiger partial charge >= 0.3 is 5.97 Å². The zero-order chi connectivity index (χ0) is 15.6. The van der Waals surface area contributed by atoms with Crippen molar-refractivity contribution in [1.82, 2.24) is 0 Å². The maximum Gasteiger partial charge on any atom is 0.308 e. The molecule has 2 aromatic carbocycles. The van der Waals surface area contributed by atoms with Gasteiger partial charge in [-0.25, -0.2) is 0 Å². The molecule has 0 aromatic heterocycles. The molecule has 0 saturated heterocycles. The maximum absolute atomic E-state index is 11.3. The molecule has 0 aliphatic rings. The summed E-state index contributed by atoms with van der Waals surface area (Å²) in [5, 5.41) is 20.1. The van der Waals surface area contributed by atoms with E-state index in [2.05, 4.69) is 0 Å². The number of nitriles is 1. The smallest absolute Gasteiger partial charge is 0.308 e. The molecule has 6 nitrogen and oxygen atoms in total. The standard InChI is InChI=1S/C15H13NO5/c1-8(17)21-13-11-9(7-16)5-4-6-10(11)12(18)14(19-2)15(13)20-3/h4-6,18H,1-3H3. The van der Waals surface area contributed by atoms with Gasteiger partial charge in [-0.3, -0.25) is 4.79 Å². The predicted molar refractivity (Wildman–Crippen MR) is 74.7 cm³/mol. The van der Waals surface area contributed by atoms with Gasteiger partial charge in [0.25, 0.3) is 0 Å². The first-order valence-electron chi connectivity index (χ1n) is 6.03. The number of aromatic hydroxyl groups is 1. The molecule has 0 fully saturated rings. The Kier molecular flexibility index (Phi) is 3.85. The molecule has 0 unspecified atom stereocenters. The van der Waals surface area contributed by atoms with Gasteiger partial charge in [0.2, 0.25) is 11.5 Å². The SMILES string of the molecule is COc1c(OC)c(OC(C)=O)c2c(C#N)cccc2c1O. The molecule has 0 amide bonds. The van der Waals surface area contributed by atoms with Gasteiger partial charge in [0.05, 0.1) is 31.2 Å². The minimum Gasteiger partial charge on any atom is -0.504 e. The van der Waals surface area contributed by atoms with Crippen molar-refractivity contribution in [2.24, 2.45) is 0 Å². The van der Waals surface area contributed by atoms with Crippen LogP contribution in [0.15, 0.2) is 18.2 Å². The molecule has 0 atom stereocenters. The molecule has 2 rings (SSSR count). The number of nitrogens with zero attached hydrogens (tertiary/aromatic N) is 1. The first-order valence-corrected chi connectivity index (χ1v) is 6.03. The van der Waals surface area contributed by atoms with Crippen LogP contribution >= 0.6 is 0 Å². The zero-order valence-electron chi connectivity index (χ0n) is 11.8. The normalized spacial score (nSPS) is 10.0. The lowest BCUT2D eigenvalue weighted by Crippen LogP contribution is -2.05. The summed E-state index contributed by atoms with van der Waals surface area (Å²) in [5.41, 5.74) is 0.250. The summed E-state index contributed by atoms with van der Waals surface area (Å²) < 4.78 is 15.5. The summed E-state index contributed by atoms with van der Waals surface area (Å²) in [5.74, 6) is -0.615. The lowest BCUT2D eigenvalue weighted by molar-refractivity contribution is -0.131. The molecular weight excluding hydrogens is 274 g/mol. The van der Waals surface area contributed by atoms with E-state index in [-0.39, 0.29) is 28.6 Å². The van der Waals surface area contributed by atoms with Crippen LogP contribution < -0.4 is 14.2 Å². The highest BCUT2D eigenvalue weighted by molar-refractivity contribution is 6.02. The third-order valence-electron chi connectivity index (χ3n) is 2.95. The summed E-state index contributed by atoms with van der Waals surface area (Å²) in [6.07, 6.45) is 0. The summed E-state index contributed by atoms with van der Waals surface area (Å²) in [4.78, 5) is 11.3. The number of phenolic OH excluding ortho intramolecular Hbond substituents is 1. The number of benzene rings is 2. The Morgan fingerprint density at radius 1 is 1.19 bits per heavy atom. The second-order valence-electron chi connectivity index (χ2n) is 4.18. The number of ether oxygens (including phenoxy) is 3. The molecule has 0 aliphatic carbocycles.